The van der Waals surface area contributed by atoms with E-state index in [4.69, 9.17) is 23.2 Å². The Kier molecular flexibility index (Phi) is 30.1. The van der Waals surface area contributed by atoms with E-state index in [-0.39, 0.29) is 83.9 Å². The van der Waals surface area contributed by atoms with Crippen LogP contribution in [-0.4, -0.2) is 149 Å². The van der Waals surface area contributed by atoms with Gasteiger partial charge in [-0.3, -0.25) is 0 Å². The molecule has 0 unspecified atom stereocenters. The number of alkyl halides is 12. The Balaban J connectivity index is 0.000000280. The zero-order valence-electron chi connectivity index (χ0n) is 59.4. The summed E-state index contributed by atoms with van der Waals surface area (Å²) in [5.41, 5.74) is -6.41. The van der Waals surface area contributed by atoms with Crippen molar-refractivity contribution in [2.75, 3.05) is 62.4 Å². The number of fused-ring (bicyclic) bond motifs is 4. The monoisotopic (exact) mass is 1700 g/mol. The minimum Gasteiger partial charge on any atom is -1.00 e. The summed E-state index contributed by atoms with van der Waals surface area (Å²) in [4.78, 5) is 4.46. The zero-order valence-corrected chi connectivity index (χ0v) is 65.7. The maximum atomic E-state index is 11.4. The number of aliphatic hydroxyl groups excluding tert-OH is 4. The SMILES string of the molecule is CC1(C)C(/C=C/C2=C(Cl)C(=C/C=C3/N(CCO)c4ccccc4C3(C)C)/CC2)=[N+](CCO)c2ccccc21.CC1(C)C(/C=C/C2=C(Cl)C(=C/C=C3/N(CCO)c4ccccc4C3(C)C)/CC2)=[N+](CCO)c2ccccc21.O=S(=O)([N-]S(=O)(=O)C(F)(F)F)C(F)(F)F.O=S(=O)([N-]S(=O)(=O)C(F)(F)F)C(F)(F)F.[Br-].[Li+]. The summed E-state index contributed by atoms with van der Waals surface area (Å²) >= 11 is 13.9. The first-order valence-corrected chi connectivity index (χ1v) is 38.7. The van der Waals surface area contributed by atoms with E-state index in [0.29, 0.717) is 26.2 Å². The molecular formula is C70H76BrCl2F12LiN6O12S4. The van der Waals surface area contributed by atoms with Gasteiger partial charge in [0.15, 0.2) is 64.6 Å². The van der Waals surface area contributed by atoms with Crippen LogP contribution in [0.1, 0.15) is 103 Å². The average molecular weight is 1710 g/mol. The maximum absolute atomic E-state index is 11.4. The molecule has 0 radical (unpaired) electrons. The largest absolute Gasteiger partial charge is 1.00 e. The summed E-state index contributed by atoms with van der Waals surface area (Å²) in [5, 5.41) is 40.7. The van der Waals surface area contributed by atoms with E-state index >= 15 is 0 Å². The number of rotatable bonds is 18. The van der Waals surface area contributed by atoms with Crippen molar-refractivity contribution in [3.63, 3.8) is 0 Å². The fourth-order valence-corrected chi connectivity index (χ4v) is 17.1. The van der Waals surface area contributed by atoms with Crippen LogP contribution >= 0.6 is 23.2 Å². The summed E-state index contributed by atoms with van der Waals surface area (Å²) in [6, 6.07) is 33.8. The third-order valence-electron chi connectivity index (χ3n) is 18.3. The molecule has 4 N–H and O–H groups in total. The number of allylic oxidation sites excluding steroid dienone is 16. The Hall–Kier alpha value is -5.88. The molecule has 4 heterocycles. The van der Waals surface area contributed by atoms with Gasteiger partial charge in [-0.25, -0.2) is 33.7 Å². The Morgan fingerprint density at radius 1 is 0.417 bits per heavy atom. The molecule has 0 amide bonds. The fourth-order valence-electron chi connectivity index (χ4n) is 13.1. The van der Waals surface area contributed by atoms with Crippen molar-refractivity contribution in [1.82, 2.24) is 0 Å². The smallest absolute Gasteiger partial charge is 1.00 e. The molecule has 0 saturated heterocycles. The number of hydrogen-bond acceptors (Lipinski definition) is 14. The Bertz CT molecular complexity index is 4470. The van der Waals surface area contributed by atoms with E-state index in [0.717, 1.165) is 89.0 Å². The third-order valence-corrected chi connectivity index (χ3v) is 24.7. The summed E-state index contributed by atoms with van der Waals surface area (Å²) < 4.78 is 223. The first kappa shape index (κ1) is 92.7. The number of β-amino-alcohol motifs (C(OH)–C–C–N with tert-alkyl or cyclic N) is 4. The Morgan fingerprint density at radius 2 is 0.694 bits per heavy atom. The van der Waals surface area contributed by atoms with E-state index < -0.39 is 62.1 Å². The molecule has 588 valence electrons. The topological polar surface area (TPSA) is 258 Å². The second-order valence-corrected chi connectivity index (χ2v) is 34.1. The van der Waals surface area contributed by atoms with Gasteiger partial charge in [-0.05, 0) is 111 Å². The molecule has 4 aromatic rings. The first-order valence-electron chi connectivity index (χ1n) is 32.2. The van der Waals surface area contributed by atoms with Crippen molar-refractivity contribution >= 4 is 97.5 Å². The van der Waals surface area contributed by atoms with Crippen LogP contribution in [0, 0.1) is 0 Å². The predicted molar refractivity (Wildman–Crippen MR) is 382 cm³/mol. The molecule has 4 aromatic carbocycles. The van der Waals surface area contributed by atoms with Crippen LogP contribution in [0.5, 0.6) is 0 Å². The Morgan fingerprint density at radius 3 is 0.972 bits per heavy atom. The molecule has 108 heavy (non-hydrogen) atoms. The molecule has 0 fully saturated rings. The molecular weight excluding hydrogens is 1630 g/mol. The van der Waals surface area contributed by atoms with Crippen LogP contribution < -0.4 is 45.6 Å². The molecule has 18 nitrogen and oxygen atoms in total. The van der Waals surface area contributed by atoms with E-state index in [9.17, 15) is 107 Å². The molecule has 2 aliphatic carbocycles. The van der Waals surface area contributed by atoms with Crippen LogP contribution in [-0.2, 0) is 61.8 Å². The summed E-state index contributed by atoms with van der Waals surface area (Å²) in [5.74, 6) is 0. The van der Waals surface area contributed by atoms with Gasteiger partial charge in [0.2, 0.25) is 11.4 Å². The first-order chi connectivity index (χ1) is 48.8. The van der Waals surface area contributed by atoms with Gasteiger partial charge in [0.25, 0.3) is 0 Å². The van der Waals surface area contributed by atoms with Gasteiger partial charge in [0.05, 0.1) is 24.0 Å². The van der Waals surface area contributed by atoms with Gasteiger partial charge >= 0.3 is 40.9 Å². The second-order valence-electron chi connectivity index (χ2n) is 26.5. The molecule has 0 saturated carbocycles. The number of anilines is 2. The van der Waals surface area contributed by atoms with E-state index in [1.807, 2.05) is 0 Å². The molecule has 0 spiro atoms. The van der Waals surface area contributed by atoms with Crippen molar-refractivity contribution in [3.05, 3.63) is 220 Å². The van der Waals surface area contributed by atoms with Crippen LogP contribution in [0.3, 0.4) is 0 Å². The number of halogens is 15. The fraction of sp³-hybridized carbons (Fsp3) is 0.400. The van der Waals surface area contributed by atoms with Crippen LogP contribution in [0.2, 0.25) is 0 Å². The normalized spacial score (nSPS) is 19.7. The van der Waals surface area contributed by atoms with Gasteiger partial charge in [-0.2, -0.15) is 61.8 Å². The maximum Gasteiger partial charge on any atom is 1.00 e. The van der Waals surface area contributed by atoms with Crippen molar-refractivity contribution in [2.24, 2.45) is 0 Å². The quantitative estimate of drug-likeness (QED) is 0.0412. The molecule has 10 rings (SSSR count). The number of hydrogen-bond donors (Lipinski definition) is 4. The summed E-state index contributed by atoms with van der Waals surface area (Å²) in [6.07, 6.45) is 21.0. The molecule has 0 atom stereocenters. The molecule has 0 aromatic heterocycles. The number of benzene rings is 4. The molecule has 0 bridgehead atoms. The van der Waals surface area contributed by atoms with Crippen molar-refractivity contribution in [2.45, 2.75) is 125 Å². The molecule has 6 aliphatic rings. The molecule has 4 aliphatic heterocycles. The van der Waals surface area contributed by atoms with Gasteiger partial charge < -0.3 is 55.5 Å². The number of sulfonamides is 4. The van der Waals surface area contributed by atoms with Crippen LogP contribution in [0.4, 0.5) is 75.4 Å². The average Bonchev–Trinajstić information content (AvgIpc) is 1.39. The number of para-hydroxylation sites is 4. The van der Waals surface area contributed by atoms with Crippen molar-refractivity contribution < 1.29 is 152 Å². The van der Waals surface area contributed by atoms with Gasteiger partial charge in [0, 0.05) is 92.2 Å². The molecule has 38 heteroatoms. The van der Waals surface area contributed by atoms with Crippen molar-refractivity contribution in [1.29, 1.82) is 0 Å². The van der Waals surface area contributed by atoms with Gasteiger partial charge in [-0.1, -0.05) is 148 Å². The second kappa shape index (κ2) is 35.0. The third kappa shape index (κ3) is 19.6. The standard InChI is InChI=1S/2C33H38ClN2O2.2C2F6NO4S2.BrH.Li/c2*1-32(2)25-9-5-7-11-27(25)35(19-21-37)29(32)17-15-23-13-14-24(31(23)34)16-18-30-33(3,4)26-10-6-8-12-28(26)36(30)20-22-38;2*3-1(4,5)14(10,11)9-15(12,13)2(6,7)8;;/h2*5-12,15-18,37-38H,13-14,19-22H2,1-4H3;;;1H;/q2*+1;2*-1;;+1/p-1. The van der Waals surface area contributed by atoms with Crippen LogP contribution in [0.25, 0.3) is 8.25 Å². The number of aliphatic hydroxyl groups is 4. The predicted octanol–water partition coefficient (Wildman–Crippen LogP) is 9.12. The van der Waals surface area contributed by atoms with Crippen LogP contribution in [0.15, 0.2) is 189 Å². The van der Waals surface area contributed by atoms with Crippen molar-refractivity contribution in [3.8, 4) is 0 Å². The minimum atomic E-state index is -6.72. The zero-order chi connectivity index (χ0) is 79.6. The number of nitrogens with zero attached hydrogens (tertiary/aromatic N) is 6. The van der Waals surface area contributed by atoms with Gasteiger partial charge in [-0.15, -0.1) is 0 Å². The van der Waals surface area contributed by atoms with Gasteiger partial charge in [0.1, 0.15) is 13.2 Å². The summed E-state index contributed by atoms with van der Waals surface area (Å²) in [7, 11) is -26.9. The van der Waals surface area contributed by atoms with E-state index in [1.54, 1.807) is 0 Å². The summed E-state index contributed by atoms with van der Waals surface area (Å²) in [6.45, 7) is 20.6. The minimum absolute atomic E-state index is 0. The van der Waals surface area contributed by atoms with E-state index in [1.165, 1.54) is 45.1 Å². The Labute approximate surface area is 651 Å². The van der Waals surface area contributed by atoms with E-state index in [2.05, 4.69) is 220 Å².